The average molecular weight is 392 g/mol. The lowest BCUT2D eigenvalue weighted by atomic mass is 10.1. The summed E-state index contributed by atoms with van der Waals surface area (Å²) >= 11 is 0. The number of nitro groups is 1. The summed E-state index contributed by atoms with van der Waals surface area (Å²) < 4.78 is 26.7. The molecule has 2 aromatic rings. The molecule has 0 radical (unpaired) electrons. The molecule has 0 fully saturated rings. The lowest BCUT2D eigenvalue weighted by Crippen LogP contribution is -2.30. The normalized spacial score (nSPS) is 11.1. The molecule has 9 nitrogen and oxygen atoms in total. The largest absolute Gasteiger partial charge is 0.372 e. The van der Waals surface area contributed by atoms with Crippen molar-refractivity contribution in [3.63, 3.8) is 0 Å². The van der Waals surface area contributed by atoms with Gasteiger partial charge in [-0.3, -0.25) is 14.9 Å². The number of rotatable bonds is 7. The van der Waals surface area contributed by atoms with Gasteiger partial charge in [0.1, 0.15) is 5.69 Å². The van der Waals surface area contributed by atoms with Crippen LogP contribution in [0.2, 0.25) is 0 Å². The zero-order valence-corrected chi connectivity index (χ0v) is 15.7. The molecule has 0 atom stereocenters. The molecular weight excluding hydrogens is 372 g/mol. The van der Waals surface area contributed by atoms with Gasteiger partial charge in [-0.25, -0.2) is 13.1 Å². The Hall–Kier alpha value is -2.98. The lowest BCUT2D eigenvalue weighted by molar-refractivity contribution is -0.384. The smallest absolute Gasteiger partial charge is 0.293 e. The van der Waals surface area contributed by atoms with Crippen LogP contribution >= 0.6 is 0 Å². The molecule has 0 unspecified atom stereocenters. The summed E-state index contributed by atoms with van der Waals surface area (Å²) in [5.74, 6) is -0.950. The van der Waals surface area contributed by atoms with E-state index in [9.17, 15) is 23.3 Å². The van der Waals surface area contributed by atoms with Gasteiger partial charge in [0.05, 0.1) is 9.82 Å². The Bertz CT molecular complexity index is 956. The third-order valence-electron chi connectivity index (χ3n) is 3.81. The van der Waals surface area contributed by atoms with Gasteiger partial charge in [-0.1, -0.05) is 12.1 Å². The first-order chi connectivity index (χ1) is 12.7. The van der Waals surface area contributed by atoms with Gasteiger partial charge >= 0.3 is 0 Å². The van der Waals surface area contributed by atoms with Gasteiger partial charge in [0.15, 0.2) is 0 Å². The van der Waals surface area contributed by atoms with E-state index in [1.165, 1.54) is 29.2 Å². The fourth-order valence-corrected chi connectivity index (χ4v) is 3.41. The maximum Gasteiger partial charge on any atom is 0.293 e. The third-order valence-corrected chi connectivity index (χ3v) is 5.16. The fraction of sp³-hybridized carbons (Fsp3) is 0.235. The van der Waals surface area contributed by atoms with E-state index in [1.807, 2.05) is 4.72 Å². The monoisotopic (exact) mass is 392 g/mol. The Labute approximate surface area is 157 Å². The summed E-state index contributed by atoms with van der Waals surface area (Å²) in [6.07, 6.45) is 0.606. The van der Waals surface area contributed by atoms with Crippen LogP contribution in [0.4, 0.5) is 11.4 Å². The highest BCUT2D eigenvalue weighted by Crippen LogP contribution is 2.27. The Morgan fingerprint density at radius 3 is 2.33 bits per heavy atom. The molecule has 2 rings (SSSR count). The number of nitro benzene ring substituents is 1. The van der Waals surface area contributed by atoms with Crippen molar-refractivity contribution in [2.24, 2.45) is 5.73 Å². The molecule has 0 aliphatic heterocycles. The van der Waals surface area contributed by atoms with Crippen molar-refractivity contribution < 1.29 is 18.1 Å². The summed E-state index contributed by atoms with van der Waals surface area (Å²) in [5, 5.41) is 11.2. The summed E-state index contributed by atoms with van der Waals surface area (Å²) in [6.45, 7) is 0.435. The van der Waals surface area contributed by atoms with E-state index in [1.54, 1.807) is 26.2 Å². The Morgan fingerprint density at radius 1 is 1.19 bits per heavy atom. The number of nitrogens with zero attached hydrogens (tertiary/aromatic N) is 2. The predicted octanol–water partition coefficient (Wildman–Crippen LogP) is 1.28. The first kappa shape index (κ1) is 20.3. The van der Waals surface area contributed by atoms with Gasteiger partial charge in [0.25, 0.3) is 21.6 Å². The highest BCUT2D eigenvalue weighted by molar-refractivity contribution is 7.90. The van der Waals surface area contributed by atoms with Crippen molar-refractivity contribution in [1.82, 2.24) is 4.72 Å². The number of amides is 1. The number of nitrogens with one attached hydrogen (secondary N) is 1. The molecule has 144 valence electrons. The van der Waals surface area contributed by atoms with E-state index in [2.05, 4.69) is 0 Å². The molecule has 1 amide bonds. The quantitative estimate of drug-likeness (QED) is 0.535. The molecule has 0 heterocycles. The van der Waals surface area contributed by atoms with E-state index < -0.39 is 20.9 Å². The summed E-state index contributed by atoms with van der Waals surface area (Å²) in [7, 11) is -0.858. The first-order valence-electron chi connectivity index (χ1n) is 7.97. The van der Waals surface area contributed by atoms with E-state index >= 15 is 0 Å². The molecule has 10 heteroatoms. The minimum Gasteiger partial charge on any atom is -0.372 e. The maximum absolute atomic E-state index is 12.4. The first-order valence-corrected chi connectivity index (χ1v) is 9.46. The van der Waals surface area contributed by atoms with Gasteiger partial charge in [0.2, 0.25) is 0 Å². The molecular formula is C17H20N4O5S. The van der Waals surface area contributed by atoms with Crippen LogP contribution in [-0.2, 0) is 16.4 Å². The van der Waals surface area contributed by atoms with Crippen molar-refractivity contribution in [3.05, 3.63) is 63.7 Å². The predicted molar refractivity (Wildman–Crippen MR) is 101 cm³/mol. The van der Waals surface area contributed by atoms with Gasteiger partial charge in [-0.05, 0) is 42.8 Å². The van der Waals surface area contributed by atoms with Gasteiger partial charge in [-0.15, -0.1) is 0 Å². The summed E-state index contributed by atoms with van der Waals surface area (Å²) in [5.41, 5.74) is 6.20. The minimum absolute atomic E-state index is 0.0870. The second-order valence-corrected chi connectivity index (χ2v) is 7.65. The van der Waals surface area contributed by atoms with Gasteiger partial charge < -0.3 is 10.6 Å². The zero-order valence-electron chi connectivity index (χ0n) is 14.9. The van der Waals surface area contributed by atoms with Crippen molar-refractivity contribution in [1.29, 1.82) is 0 Å². The molecule has 0 aliphatic rings. The van der Waals surface area contributed by atoms with Crippen LogP contribution in [-0.4, -0.2) is 39.9 Å². The van der Waals surface area contributed by atoms with Crippen molar-refractivity contribution in [2.45, 2.75) is 11.3 Å². The lowest BCUT2D eigenvalue weighted by Gasteiger charge is -2.13. The molecule has 0 saturated heterocycles. The number of hydrogen-bond acceptors (Lipinski definition) is 7. The third kappa shape index (κ3) is 4.80. The highest BCUT2D eigenvalue weighted by Gasteiger charge is 2.22. The van der Waals surface area contributed by atoms with Crippen molar-refractivity contribution in [3.8, 4) is 0 Å². The molecule has 2 aromatic carbocycles. The van der Waals surface area contributed by atoms with E-state index in [-0.39, 0.29) is 16.1 Å². The number of benzene rings is 2. The van der Waals surface area contributed by atoms with Gasteiger partial charge in [0, 0.05) is 25.7 Å². The second-order valence-electron chi connectivity index (χ2n) is 5.97. The van der Waals surface area contributed by atoms with Crippen LogP contribution in [0.3, 0.4) is 0 Å². The van der Waals surface area contributed by atoms with Crippen LogP contribution in [0.5, 0.6) is 0 Å². The second kappa shape index (κ2) is 8.14. The number of carbonyl (C=O) groups excluding carboxylic acids is 1. The molecule has 0 bridgehead atoms. The topological polar surface area (TPSA) is 136 Å². The summed E-state index contributed by atoms with van der Waals surface area (Å²) in [6, 6.07) is 9.74. The number of nitrogens with two attached hydrogens (primary N) is 1. The van der Waals surface area contributed by atoms with Crippen LogP contribution in [0.1, 0.15) is 15.9 Å². The Kier molecular flexibility index (Phi) is 6.13. The van der Waals surface area contributed by atoms with Crippen LogP contribution in [0, 0.1) is 10.1 Å². The average Bonchev–Trinajstić information content (AvgIpc) is 2.61. The number of sulfonamides is 1. The van der Waals surface area contributed by atoms with Crippen LogP contribution in [0.25, 0.3) is 0 Å². The number of carbonyl (C=O) groups is 1. The van der Waals surface area contributed by atoms with Crippen molar-refractivity contribution in [2.75, 3.05) is 25.5 Å². The minimum atomic E-state index is -4.11. The highest BCUT2D eigenvalue weighted by atomic mass is 32.2. The summed E-state index contributed by atoms with van der Waals surface area (Å²) in [4.78, 5) is 24.3. The van der Waals surface area contributed by atoms with Gasteiger partial charge in [-0.2, -0.15) is 0 Å². The van der Waals surface area contributed by atoms with Crippen LogP contribution in [0.15, 0.2) is 47.4 Å². The van der Waals surface area contributed by atoms with Crippen molar-refractivity contribution >= 4 is 27.3 Å². The SMILES string of the molecule is CN(C)c1ccc(C(=O)NS(=O)(=O)c2ccc(CCN)cc2)cc1[N+](=O)[O-]. The molecule has 0 aliphatic carbocycles. The Balaban J connectivity index is 2.27. The molecule has 0 aromatic heterocycles. The molecule has 0 spiro atoms. The van der Waals surface area contributed by atoms with E-state index in [4.69, 9.17) is 5.73 Å². The van der Waals surface area contributed by atoms with E-state index in [0.717, 1.165) is 11.6 Å². The van der Waals surface area contributed by atoms with Crippen LogP contribution < -0.4 is 15.4 Å². The zero-order chi connectivity index (χ0) is 20.2. The standard InChI is InChI=1S/C17H20N4O5S/c1-20(2)15-8-5-13(11-16(15)21(23)24)17(22)19-27(25,26)14-6-3-12(4-7-14)9-10-18/h3-8,11H,9-10,18H2,1-2H3,(H,19,22). The molecule has 27 heavy (non-hydrogen) atoms. The van der Waals surface area contributed by atoms with E-state index in [0.29, 0.717) is 18.7 Å². The number of anilines is 1. The maximum atomic E-state index is 12.4. The Morgan fingerprint density at radius 2 is 1.81 bits per heavy atom. The fourth-order valence-electron chi connectivity index (χ4n) is 2.43. The molecule has 3 N–H and O–H groups in total. The number of hydrogen-bond donors (Lipinski definition) is 2. The molecule has 0 saturated carbocycles.